The number of aliphatic carboxylic acids is 1. The minimum absolute atomic E-state index is 0.152. The van der Waals surface area contributed by atoms with Gasteiger partial charge in [-0.1, -0.05) is 19.1 Å². The van der Waals surface area contributed by atoms with Crippen LogP contribution in [0.15, 0.2) is 12.2 Å². The topological polar surface area (TPSA) is 37.3 Å². The van der Waals surface area contributed by atoms with Crippen LogP contribution in [-0.4, -0.2) is 11.1 Å². The highest BCUT2D eigenvalue weighted by Crippen LogP contribution is 2.63. The maximum Gasteiger partial charge on any atom is 0.306 e. The fourth-order valence-corrected chi connectivity index (χ4v) is 9.67. The van der Waals surface area contributed by atoms with E-state index in [2.05, 4.69) is 13.5 Å². The van der Waals surface area contributed by atoms with Crippen LogP contribution >= 0.6 is 0 Å². The first-order valence-corrected chi connectivity index (χ1v) is 12.8. The molecule has 2 nitrogen and oxygen atoms in total. The Morgan fingerprint density at radius 2 is 1.34 bits per heavy atom. The summed E-state index contributed by atoms with van der Waals surface area (Å²) in [5, 5.41) is 9.48. The molecule has 29 heavy (non-hydrogen) atoms. The average Bonchev–Trinajstić information content (AvgIpc) is 3.17. The van der Waals surface area contributed by atoms with Crippen molar-refractivity contribution in [1.29, 1.82) is 0 Å². The standard InChI is InChI=1S/C27H42O2/c1-15(2)20-8-4-17-5-10-24-23-11-7-19-14-18(16(3)27(28)29)6-9-21(19)22(23)12-13-25(24)26(17)20/h16-26H,1,4-14H2,2-3H3,(H,28,29). The van der Waals surface area contributed by atoms with E-state index in [1.54, 1.807) is 0 Å². The smallest absolute Gasteiger partial charge is 0.306 e. The van der Waals surface area contributed by atoms with Crippen LogP contribution in [0.3, 0.4) is 0 Å². The van der Waals surface area contributed by atoms with Gasteiger partial charge in [0.2, 0.25) is 0 Å². The highest BCUT2D eigenvalue weighted by Gasteiger charge is 2.54. The predicted octanol–water partition coefficient (Wildman–Crippen LogP) is 6.80. The molecule has 11 unspecified atom stereocenters. The summed E-state index contributed by atoms with van der Waals surface area (Å²) in [5.41, 5.74) is 1.47. The molecule has 162 valence electrons. The first kappa shape index (κ1) is 20.1. The molecular formula is C27H42O2. The third-order valence-corrected chi connectivity index (χ3v) is 10.9. The van der Waals surface area contributed by atoms with Crippen molar-refractivity contribution < 1.29 is 9.90 Å². The van der Waals surface area contributed by atoms with Crippen molar-refractivity contribution in [1.82, 2.24) is 0 Å². The number of allylic oxidation sites excluding steroid dienone is 1. The number of rotatable bonds is 3. The van der Waals surface area contributed by atoms with Gasteiger partial charge in [0.25, 0.3) is 0 Å². The molecule has 0 heterocycles. The summed E-state index contributed by atoms with van der Waals surface area (Å²) < 4.78 is 0. The number of hydrogen-bond acceptors (Lipinski definition) is 1. The van der Waals surface area contributed by atoms with Gasteiger partial charge in [-0.05, 0) is 137 Å². The zero-order chi connectivity index (χ0) is 20.3. The molecule has 0 radical (unpaired) electrons. The van der Waals surface area contributed by atoms with Crippen LogP contribution in [0, 0.1) is 65.1 Å². The second-order valence-corrected chi connectivity index (χ2v) is 11.9. The van der Waals surface area contributed by atoms with Gasteiger partial charge >= 0.3 is 5.97 Å². The zero-order valence-electron chi connectivity index (χ0n) is 18.7. The molecular weight excluding hydrogens is 356 g/mol. The minimum atomic E-state index is -0.581. The third kappa shape index (κ3) is 3.32. The van der Waals surface area contributed by atoms with Crippen LogP contribution in [0.1, 0.15) is 84.5 Å². The number of carbonyl (C=O) groups is 1. The summed E-state index contributed by atoms with van der Waals surface area (Å²) in [6.45, 7) is 8.64. The number of fused-ring (bicyclic) bond motifs is 7. The summed E-state index contributed by atoms with van der Waals surface area (Å²) in [7, 11) is 0. The van der Waals surface area contributed by atoms with Crippen molar-refractivity contribution >= 4 is 5.97 Å². The van der Waals surface area contributed by atoms with Crippen LogP contribution in [0.2, 0.25) is 0 Å². The van der Waals surface area contributed by atoms with Gasteiger partial charge in [0.1, 0.15) is 0 Å². The Morgan fingerprint density at radius 3 is 2.07 bits per heavy atom. The second-order valence-electron chi connectivity index (χ2n) is 11.9. The van der Waals surface area contributed by atoms with E-state index in [4.69, 9.17) is 0 Å². The van der Waals surface area contributed by atoms with E-state index < -0.39 is 5.97 Å². The maximum absolute atomic E-state index is 11.5. The Hall–Kier alpha value is -0.790. The molecule has 5 aliphatic carbocycles. The fourth-order valence-electron chi connectivity index (χ4n) is 9.67. The average molecular weight is 399 g/mol. The zero-order valence-corrected chi connectivity index (χ0v) is 18.7. The van der Waals surface area contributed by atoms with Gasteiger partial charge < -0.3 is 5.11 Å². The van der Waals surface area contributed by atoms with E-state index in [1.807, 2.05) is 6.92 Å². The van der Waals surface area contributed by atoms with E-state index >= 15 is 0 Å². The van der Waals surface area contributed by atoms with Crippen LogP contribution in [0.4, 0.5) is 0 Å². The van der Waals surface area contributed by atoms with E-state index in [0.717, 1.165) is 59.7 Å². The molecule has 0 aliphatic heterocycles. The summed E-state index contributed by atoms with van der Waals surface area (Å²) in [5.74, 6) is 8.10. The number of carboxylic acids is 1. The van der Waals surface area contributed by atoms with Crippen LogP contribution in [0.25, 0.3) is 0 Å². The lowest BCUT2D eigenvalue weighted by Gasteiger charge is -2.57. The van der Waals surface area contributed by atoms with Gasteiger partial charge in [-0.15, -0.1) is 0 Å². The van der Waals surface area contributed by atoms with Crippen molar-refractivity contribution in [2.45, 2.75) is 84.5 Å². The molecule has 0 aromatic heterocycles. The van der Waals surface area contributed by atoms with Crippen molar-refractivity contribution in [3.63, 3.8) is 0 Å². The molecule has 0 aromatic carbocycles. The van der Waals surface area contributed by atoms with E-state index in [-0.39, 0.29) is 5.92 Å². The summed E-state index contributed by atoms with van der Waals surface area (Å²) in [6.07, 6.45) is 15.3. The minimum Gasteiger partial charge on any atom is -0.481 e. The molecule has 5 fully saturated rings. The maximum atomic E-state index is 11.5. The quantitative estimate of drug-likeness (QED) is 0.531. The Morgan fingerprint density at radius 1 is 0.793 bits per heavy atom. The van der Waals surface area contributed by atoms with E-state index in [1.165, 1.54) is 69.8 Å². The van der Waals surface area contributed by atoms with Crippen molar-refractivity contribution in [3.8, 4) is 0 Å². The third-order valence-electron chi connectivity index (χ3n) is 10.9. The fraction of sp³-hybridized carbons (Fsp3) is 0.889. The first-order chi connectivity index (χ1) is 14.0. The summed E-state index contributed by atoms with van der Waals surface area (Å²) >= 11 is 0. The number of hydrogen-bond donors (Lipinski definition) is 1. The lowest BCUT2D eigenvalue weighted by atomic mass is 9.48. The van der Waals surface area contributed by atoms with Crippen molar-refractivity contribution in [3.05, 3.63) is 12.2 Å². The lowest BCUT2D eigenvalue weighted by Crippen LogP contribution is -2.50. The molecule has 0 saturated heterocycles. The molecule has 5 rings (SSSR count). The van der Waals surface area contributed by atoms with E-state index in [0.29, 0.717) is 5.92 Å². The van der Waals surface area contributed by atoms with Crippen LogP contribution in [-0.2, 0) is 4.79 Å². The van der Waals surface area contributed by atoms with Crippen LogP contribution < -0.4 is 0 Å². The predicted molar refractivity (Wildman–Crippen MR) is 117 cm³/mol. The Balaban J connectivity index is 1.30. The molecule has 0 bridgehead atoms. The van der Waals surface area contributed by atoms with Gasteiger partial charge in [0, 0.05) is 0 Å². The molecule has 0 amide bonds. The van der Waals surface area contributed by atoms with Crippen molar-refractivity contribution in [2.75, 3.05) is 0 Å². The second kappa shape index (κ2) is 7.72. The monoisotopic (exact) mass is 398 g/mol. The number of carboxylic acid groups (broad SMARTS) is 1. The van der Waals surface area contributed by atoms with Gasteiger partial charge in [-0.3, -0.25) is 4.79 Å². The highest BCUT2D eigenvalue weighted by atomic mass is 16.4. The Bertz CT molecular complexity index is 653. The SMILES string of the molecule is C=C(C)C1CCC2CCC3C4CCC5CC(C(C)C(=O)O)CCC5C4CCC3C21. The normalized spacial score (nSPS) is 49.9. The molecule has 11 atom stereocenters. The van der Waals surface area contributed by atoms with E-state index in [9.17, 15) is 9.90 Å². The van der Waals surface area contributed by atoms with Gasteiger partial charge in [-0.2, -0.15) is 0 Å². The largest absolute Gasteiger partial charge is 0.481 e. The summed E-state index contributed by atoms with van der Waals surface area (Å²) in [6, 6.07) is 0. The van der Waals surface area contributed by atoms with Gasteiger partial charge in [0.05, 0.1) is 5.92 Å². The molecule has 0 aromatic rings. The molecule has 5 saturated carbocycles. The molecule has 1 N–H and O–H groups in total. The van der Waals surface area contributed by atoms with Gasteiger partial charge in [-0.25, -0.2) is 0 Å². The highest BCUT2D eigenvalue weighted by molar-refractivity contribution is 5.69. The van der Waals surface area contributed by atoms with Crippen LogP contribution in [0.5, 0.6) is 0 Å². The summed E-state index contributed by atoms with van der Waals surface area (Å²) in [4.78, 5) is 11.5. The molecule has 5 aliphatic rings. The Labute approximate surface area is 177 Å². The lowest BCUT2D eigenvalue weighted by molar-refractivity contribution is -0.144. The Kier molecular flexibility index (Phi) is 5.36. The first-order valence-electron chi connectivity index (χ1n) is 12.8. The molecule has 0 spiro atoms. The van der Waals surface area contributed by atoms with Gasteiger partial charge in [0.15, 0.2) is 0 Å². The van der Waals surface area contributed by atoms with Crippen molar-refractivity contribution in [2.24, 2.45) is 65.1 Å². The molecule has 2 heteroatoms.